The highest BCUT2D eigenvalue weighted by Crippen LogP contribution is 2.48. The first-order valence-corrected chi connectivity index (χ1v) is 8.69. The molecule has 1 saturated carbocycles. The van der Waals surface area contributed by atoms with Gasteiger partial charge >= 0.3 is 0 Å². The number of hydrogen-bond donors (Lipinski definition) is 2. The Labute approximate surface area is 129 Å². The minimum Gasteiger partial charge on any atom is -0.381 e. The topological polar surface area (TPSA) is 50.4 Å². The molecular formula is C17H32N2O2. The zero-order valence-corrected chi connectivity index (χ0v) is 13.9. The summed E-state index contributed by atoms with van der Waals surface area (Å²) >= 11 is 0. The van der Waals surface area contributed by atoms with E-state index in [9.17, 15) is 4.79 Å². The number of piperidine rings is 1. The molecule has 1 aliphatic carbocycles. The van der Waals surface area contributed by atoms with Gasteiger partial charge in [-0.05, 0) is 57.5 Å². The maximum absolute atomic E-state index is 12.2. The van der Waals surface area contributed by atoms with Crippen LogP contribution in [0.1, 0.15) is 58.8 Å². The second-order valence-corrected chi connectivity index (χ2v) is 6.75. The lowest BCUT2D eigenvalue weighted by atomic mass is 9.58. The van der Waals surface area contributed by atoms with Crippen LogP contribution in [0, 0.1) is 11.3 Å². The molecule has 4 heteroatoms. The molecule has 2 rings (SSSR count). The van der Waals surface area contributed by atoms with E-state index in [-0.39, 0.29) is 11.3 Å². The van der Waals surface area contributed by atoms with Crippen LogP contribution >= 0.6 is 0 Å². The molecule has 2 fully saturated rings. The summed E-state index contributed by atoms with van der Waals surface area (Å²) in [5, 5.41) is 6.65. The van der Waals surface area contributed by atoms with Gasteiger partial charge in [0.05, 0.1) is 6.10 Å². The highest BCUT2D eigenvalue weighted by molar-refractivity contribution is 5.76. The molecule has 2 aliphatic rings. The molecule has 21 heavy (non-hydrogen) atoms. The molecule has 0 aromatic heterocycles. The predicted molar refractivity (Wildman–Crippen MR) is 85.2 cm³/mol. The molecule has 1 aliphatic heterocycles. The van der Waals surface area contributed by atoms with Crippen LogP contribution in [0.3, 0.4) is 0 Å². The third-order valence-corrected chi connectivity index (χ3v) is 5.96. The first-order chi connectivity index (χ1) is 10.2. The minimum atomic E-state index is 0.152. The molecule has 1 amide bonds. The number of amides is 1. The van der Waals surface area contributed by atoms with Crippen molar-refractivity contribution in [3.63, 3.8) is 0 Å². The Kier molecular flexibility index (Phi) is 6.06. The van der Waals surface area contributed by atoms with Gasteiger partial charge in [-0.25, -0.2) is 0 Å². The van der Waals surface area contributed by atoms with Gasteiger partial charge in [0.1, 0.15) is 0 Å². The number of nitrogens with one attached hydrogen (secondary N) is 2. The van der Waals surface area contributed by atoms with Gasteiger partial charge in [-0.3, -0.25) is 4.79 Å². The van der Waals surface area contributed by atoms with Gasteiger partial charge in [-0.15, -0.1) is 0 Å². The van der Waals surface area contributed by atoms with Gasteiger partial charge in [-0.1, -0.05) is 13.8 Å². The summed E-state index contributed by atoms with van der Waals surface area (Å²) in [6.45, 7) is 6.64. The Morgan fingerprint density at radius 3 is 2.52 bits per heavy atom. The van der Waals surface area contributed by atoms with Crippen molar-refractivity contribution in [2.75, 3.05) is 20.2 Å². The smallest absolute Gasteiger partial charge is 0.220 e. The molecule has 0 spiro atoms. The van der Waals surface area contributed by atoms with Gasteiger partial charge in [0.2, 0.25) is 5.91 Å². The number of carbonyl (C=O) groups excluding carboxylic acids is 1. The van der Waals surface area contributed by atoms with Crippen molar-refractivity contribution >= 4 is 5.91 Å². The second kappa shape index (κ2) is 7.59. The van der Waals surface area contributed by atoms with Crippen LogP contribution in [0.5, 0.6) is 0 Å². The largest absolute Gasteiger partial charge is 0.381 e. The van der Waals surface area contributed by atoms with E-state index in [2.05, 4.69) is 24.5 Å². The highest BCUT2D eigenvalue weighted by Gasteiger charge is 2.53. The van der Waals surface area contributed by atoms with E-state index in [1.165, 1.54) is 12.8 Å². The van der Waals surface area contributed by atoms with Crippen molar-refractivity contribution in [3.8, 4) is 0 Å². The summed E-state index contributed by atoms with van der Waals surface area (Å²) < 4.78 is 5.59. The van der Waals surface area contributed by atoms with Crippen LogP contribution in [0.2, 0.25) is 0 Å². The molecule has 0 bridgehead atoms. The van der Waals surface area contributed by atoms with Gasteiger partial charge in [0.15, 0.2) is 0 Å². The fraction of sp³-hybridized carbons (Fsp3) is 0.941. The van der Waals surface area contributed by atoms with Gasteiger partial charge in [0.25, 0.3) is 0 Å². The summed E-state index contributed by atoms with van der Waals surface area (Å²) in [6, 6.07) is 0.304. The number of methoxy groups -OCH3 is 1. The minimum absolute atomic E-state index is 0.152. The zero-order chi connectivity index (χ0) is 15.3. The van der Waals surface area contributed by atoms with Crippen molar-refractivity contribution in [2.45, 2.75) is 70.9 Å². The maximum Gasteiger partial charge on any atom is 0.220 e. The van der Waals surface area contributed by atoms with Crippen LogP contribution in [0.4, 0.5) is 0 Å². The highest BCUT2D eigenvalue weighted by atomic mass is 16.5. The van der Waals surface area contributed by atoms with E-state index < -0.39 is 0 Å². The van der Waals surface area contributed by atoms with Crippen molar-refractivity contribution in [1.82, 2.24) is 10.6 Å². The lowest BCUT2D eigenvalue weighted by Gasteiger charge is -2.55. The van der Waals surface area contributed by atoms with Crippen LogP contribution in [0.25, 0.3) is 0 Å². The van der Waals surface area contributed by atoms with Crippen molar-refractivity contribution in [2.24, 2.45) is 11.3 Å². The van der Waals surface area contributed by atoms with Gasteiger partial charge in [0, 0.05) is 25.0 Å². The molecule has 122 valence electrons. The molecule has 1 heterocycles. The number of carbonyl (C=O) groups is 1. The fourth-order valence-corrected chi connectivity index (χ4v) is 4.25. The van der Waals surface area contributed by atoms with E-state index in [0.29, 0.717) is 18.6 Å². The monoisotopic (exact) mass is 296 g/mol. The Hall–Kier alpha value is -0.610. The van der Waals surface area contributed by atoms with Crippen molar-refractivity contribution in [1.29, 1.82) is 0 Å². The van der Waals surface area contributed by atoms with E-state index in [0.717, 1.165) is 44.7 Å². The molecule has 0 radical (unpaired) electrons. The number of rotatable bonds is 7. The lowest BCUT2D eigenvalue weighted by molar-refractivity contribution is -0.141. The maximum atomic E-state index is 12.2. The van der Waals surface area contributed by atoms with Crippen LogP contribution in [0.15, 0.2) is 0 Å². The summed E-state index contributed by atoms with van der Waals surface area (Å²) in [7, 11) is 1.79. The average Bonchev–Trinajstić information content (AvgIpc) is 2.51. The van der Waals surface area contributed by atoms with E-state index >= 15 is 0 Å². The summed E-state index contributed by atoms with van der Waals surface area (Å²) in [4.78, 5) is 12.2. The predicted octanol–water partition coefficient (Wildman–Crippen LogP) is 2.48. The number of ether oxygens (including phenoxy) is 1. The summed E-state index contributed by atoms with van der Waals surface area (Å²) in [5.41, 5.74) is 0.152. The van der Waals surface area contributed by atoms with E-state index in [1.54, 1.807) is 7.11 Å². The zero-order valence-electron chi connectivity index (χ0n) is 13.9. The van der Waals surface area contributed by atoms with Crippen molar-refractivity contribution in [3.05, 3.63) is 0 Å². The Morgan fingerprint density at radius 1 is 1.29 bits per heavy atom. The summed E-state index contributed by atoms with van der Waals surface area (Å²) in [5.74, 6) is 0.964. The van der Waals surface area contributed by atoms with E-state index in [4.69, 9.17) is 4.74 Å². The number of hydrogen-bond acceptors (Lipinski definition) is 3. The van der Waals surface area contributed by atoms with Gasteiger partial charge in [-0.2, -0.15) is 0 Å². The van der Waals surface area contributed by atoms with Crippen LogP contribution in [-0.2, 0) is 9.53 Å². The molecule has 0 aromatic rings. The lowest BCUT2D eigenvalue weighted by Crippen LogP contribution is -2.64. The molecule has 0 aromatic carbocycles. The fourth-order valence-electron chi connectivity index (χ4n) is 4.25. The first-order valence-electron chi connectivity index (χ1n) is 8.69. The molecule has 2 unspecified atom stereocenters. The first kappa shape index (κ1) is 16.8. The Morgan fingerprint density at radius 2 is 1.95 bits per heavy atom. The van der Waals surface area contributed by atoms with Crippen molar-refractivity contribution < 1.29 is 9.53 Å². The quantitative estimate of drug-likeness (QED) is 0.759. The Bertz CT molecular complexity index is 336. The normalized spacial score (nSPS) is 28.9. The third-order valence-electron chi connectivity index (χ3n) is 5.96. The van der Waals surface area contributed by atoms with Crippen LogP contribution in [-0.4, -0.2) is 38.3 Å². The molecule has 4 nitrogen and oxygen atoms in total. The summed E-state index contributed by atoms with van der Waals surface area (Å²) in [6.07, 6.45) is 7.58. The van der Waals surface area contributed by atoms with Gasteiger partial charge < -0.3 is 15.4 Å². The molecule has 1 saturated heterocycles. The second-order valence-electron chi connectivity index (χ2n) is 6.75. The molecule has 2 atom stereocenters. The molecule has 2 N–H and O–H groups in total. The Balaban J connectivity index is 1.77. The van der Waals surface area contributed by atoms with Crippen LogP contribution < -0.4 is 10.6 Å². The standard InChI is InChI=1S/C17H32N2O2/c1-4-17(5-2)14(12-15(17)21-3)19-16(20)7-6-13-8-10-18-11-9-13/h13-15,18H,4-12H2,1-3H3,(H,19,20). The van der Waals surface area contributed by atoms with E-state index in [1.807, 2.05) is 0 Å². The average molecular weight is 296 g/mol. The SMILES string of the molecule is CCC1(CC)C(NC(=O)CCC2CCNCC2)CC1OC. The third kappa shape index (κ3) is 3.59. The molecular weight excluding hydrogens is 264 g/mol.